The predicted octanol–water partition coefficient (Wildman–Crippen LogP) is 2.75. The molecule has 1 aromatic carbocycles. The molecule has 0 aromatic heterocycles. The number of rotatable bonds is 4. The van der Waals surface area contributed by atoms with Crippen LogP contribution in [0, 0.1) is 0 Å². The monoisotopic (exact) mass is 270 g/mol. The maximum absolute atomic E-state index is 12.3. The lowest BCUT2D eigenvalue weighted by molar-refractivity contribution is 0.151. The van der Waals surface area contributed by atoms with Gasteiger partial charge in [-0.25, -0.2) is 8.78 Å². The van der Waals surface area contributed by atoms with Crippen LogP contribution in [0.1, 0.15) is 17.6 Å². The van der Waals surface area contributed by atoms with Crippen molar-refractivity contribution in [1.29, 1.82) is 0 Å². The van der Waals surface area contributed by atoms with Gasteiger partial charge in [-0.2, -0.15) is 8.42 Å². The van der Waals surface area contributed by atoms with Crippen molar-refractivity contribution in [3.8, 4) is 0 Å². The molecule has 0 radical (unpaired) electrons. The van der Waals surface area contributed by atoms with E-state index in [1.54, 1.807) is 0 Å². The molecule has 7 heteroatoms. The third kappa shape index (κ3) is 4.03. The number of benzene rings is 1. The van der Waals surface area contributed by atoms with E-state index in [2.05, 4.69) is 4.18 Å². The van der Waals surface area contributed by atoms with E-state index in [4.69, 9.17) is 11.6 Å². The fourth-order valence-electron chi connectivity index (χ4n) is 1.01. The van der Waals surface area contributed by atoms with E-state index < -0.39 is 16.5 Å². The van der Waals surface area contributed by atoms with Gasteiger partial charge in [-0.1, -0.05) is 23.7 Å². The van der Waals surface area contributed by atoms with Crippen LogP contribution in [0.5, 0.6) is 0 Å². The Morgan fingerprint density at radius 3 is 2.50 bits per heavy atom. The van der Waals surface area contributed by atoms with Crippen molar-refractivity contribution in [1.82, 2.24) is 0 Å². The van der Waals surface area contributed by atoms with E-state index in [1.807, 2.05) is 0 Å². The van der Waals surface area contributed by atoms with Crippen LogP contribution >= 0.6 is 11.6 Å². The van der Waals surface area contributed by atoms with Gasteiger partial charge in [0.2, 0.25) is 0 Å². The SMILES string of the molecule is CS(=O)(=O)OCc1ccc(C(F)F)c(Cl)c1. The Bertz CT molecular complexity index is 474. The third-order valence-corrected chi connectivity index (χ3v) is 2.61. The standard InChI is InChI=1S/C9H9ClF2O3S/c1-16(13,14)15-5-6-2-3-7(9(11)12)8(10)4-6/h2-4,9H,5H2,1H3. The van der Waals surface area contributed by atoms with Gasteiger partial charge in [-0.05, 0) is 11.6 Å². The van der Waals surface area contributed by atoms with Gasteiger partial charge in [0.25, 0.3) is 16.5 Å². The minimum atomic E-state index is -3.55. The molecule has 0 amide bonds. The highest BCUT2D eigenvalue weighted by atomic mass is 35.5. The van der Waals surface area contributed by atoms with Crippen molar-refractivity contribution in [2.75, 3.05) is 6.26 Å². The van der Waals surface area contributed by atoms with Crippen LogP contribution in [0.2, 0.25) is 5.02 Å². The first-order chi connectivity index (χ1) is 7.29. The summed E-state index contributed by atoms with van der Waals surface area (Å²) in [6.07, 6.45) is -1.75. The Morgan fingerprint density at radius 1 is 1.44 bits per heavy atom. The number of halogens is 3. The van der Waals surface area contributed by atoms with Crippen LogP contribution in [-0.4, -0.2) is 14.7 Å². The van der Waals surface area contributed by atoms with Gasteiger partial charge >= 0.3 is 0 Å². The zero-order valence-corrected chi connectivity index (χ0v) is 9.86. The molecule has 0 spiro atoms. The van der Waals surface area contributed by atoms with E-state index >= 15 is 0 Å². The first-order valence-electron chi connectivity index (χ1n) is 4.20. The maximum atomic E-state index is 12.3. The van der Waals surface area contributed by atoms with Crippen molar-refractivity contribution in [2.24, 2.45) is 0 Å². The van der Waals surface area contributed by atoms with Crippen LogP contribution in [0.15, 0.2) is 18.2 Å². The lowest BCUT2D eigenvalue weighted by Crippen LogP contribution is -2.02. The Kier molecular flexibility index (Phi) is 4.23. The highest BCUT2D eigenvalue weighted by molar-refractivity contribution is 7.85. The Hall–Kier alpha value is -0.720. The molecule has 1 aromatic rings. The summed E-state index contributed by atoms with van der Waals surface area (Å²) in [6, 6.07) is 3.75. The fraction of sp³-hybridized carbons (Fsp3) is 0.333. The van der Waals surface area contributed by atoms with E-state index in [0.29, 0.717) is 5.56 Å². The molecular formula is C9H9ClF2O3S. The minimum Gasteiger partial charge on any atom is -0.265 e. The summed E-state index contributed by atoms with van der Waals surface area (Å²) in [4.78, 5) is 0. The molecule has 0 bridgehead atoms. The van der Waals surface area contributed by atoms with Crippen LogP contribution in [0.25, 0.3) is 0 Å². The van der Waals surface area contributed by atoms with E-state index in [-0.39, 0.29) is 17.2 Å². The molecule has 16 heavy (non-hydrogen) atoms. The molecule has 0 aliphatic carbocycles. The molecular weight excluding hydrogens is 262 g/mol. The van der Waals surface area contributed by atoms with Crippen molar-refractivity contribution >= 4 is 21.7 Å². The van der Waals surface area contributed by atoms with Gasteiger partial charge < -0.3 is 0 Å². The Balaban J connectivity index is 2.82. The minimum absolute atomic E-state index is 0.107. The van der Waals surface area contributed by atoms with Gasteiger partial charge in [0.15, 0.2) is 0 Å². The summed E-state index contributed by atoms with van der Waals surface area (Å²) in [6.45, 7) is -0.220. The predicted molar refractivity (Wildman–Crippen MR) is 56.0 cm³/mol. The fourth-order valence-corrected chi connectivity index (χ4v) is 1.65. The van der Waals surface area contributed by atoms with Gasteiger partial charge in [0.05, 0.1) is 12.9 Å². The van der Waals surface area contributed by atoms with Crippen molar-refractivity contribution in [3.05, 3.63) is 34.3 Å². The average molecular weight is 271 g/mol. The Labute approximate surface area is 97.1 Å². The number of alkyl halides is 2. The molecule has 0 atom stereocenters. The lowest BCUT2D eigenvalue weighted by atomic mass is 10.1. The molecule has 0 aliphatic heterocycles. The second-order valence-corrected chi connectivity index (χ2v) is 5.17. The summed E-state index contributed by atoms with van der Waals surface area (Å²) >= 11 is 5.59. The molecule has 3 nitrogen and oxygen atoms in total. The Morgan fingerprint density at radius 2 is 2.06 bits per heavy atom. The van der Waals surface area contributed by atoms with Crippen molar-refractivity contribution in [3.63, 3.8) is 0 Å². The second-order valence-electron chi connectivity index (χ2n) is 3.12. The molecule has 0 saturated carbocycles. The highest BCUT2D eigenvalue weighted by Crippen LogP contribution is 2.27. The molecule has 90 valence electrons. The molecule has 1 rings (SSSR count). The number of hydrogen-bond donors (Lipinski definition) is 0. The molecule has 0 unspecified atom stereocenters. The summed E-state index contributed by atoms with van der Waals surface area (Å²) in [5.41, 5.74) is 0.129. The molecule has 0 fully saturated rings. The highest BCUT2D eigenvalue weighted by Gasteiger charge is 2.12. The first kappa shape index (κ1) is 13.3. The first-order valence-corrected chi connectivity index (χ1v) is 6.40. The lowest BCUT2D eigenvalue weighted by Gasteiger charge is -2.06. The topological polar surface area (TPSA) is 43.4 Å². The van der Waals surface area contributed by atoms with E-state index in [9.17, 15) is 17.2 Å². The summed E-state index contributed by atoms with van der Waals surface area (Å²) in [5.74, 6) is 0. The summed E-state index contributed by atoms with van der Waals surface area (Å²) < 4.78 is 50.5. The largest absolute Gasteiger partial charge is 0.265 e. The third-order valence-electron chi connectivity index (χ3n) is 1.74. The molecule has 0 N–H and O–H groups in total. The van der Waals surface area contributed by atoms with Crippen molar-refractivity contribution in [2.45, 2.75) is 13.0 Å². The zero-order valence-electron chi connectivity index (χ0n) is 8.28. The zero-order chi connectivity index (χ0) is 12.3. The summed E-state index contributed by atoms with van der Waals surface area (Å²) in [5, 5.41) is -0.107. The maximum Gasteiger partial charge on any atom is 0.265 e. The van der Waals surface area contributed by atoms with Crippen LogP contribution in [0.3, 0.4) is 0 Å². The molecule has 0 saturated heterocycles. The van der Waals surface area contributed by atoms with Gasteiger partial charge in [-0.3, -0.25) is 4.18 Å². The average Bonchev–Trinajstić information content (AvgIpc) is 2.13. The van der Waals surface area contributed by atoms with Gasteiger partial charge in [0, 0.05) is 10.6 Å². The quantitative estimate of drug-likeness (QED) is 0.790. The number of hydrogen-bond acceptors (Lipinski definition) is 3. The smallest absolute Gasteiger partial charge is 0.265 e. The summed E-state index contributed by atoms with van der Waals surface area (Å²) in [7, 11) is -3.55. The van der Waals surface area contributed by atoms with Crippen LogP contribution in [0.4, 0.5) is 8.78 Å². The van der Waals surface area contributed by atoms with Crippen molar-refractivity contribution < 1.29 is 21.4 Å². The van der Waals surface area contributed by atoms with Crippen LogP contribution < -0.4 is 0 Å². The molecule has 0 heterocycles. The normalized spacial score (nSPS) is 12.1. The molecule has 0 aliphatic rings. The second kappa shape index (κ2) is 5.07. The van der Waals surface area contributed by atoms with E-state index in [0.717, 1.165) is 12.3 Å². The van der Waals surface area contributed by atoms with Gasteiger partial charge in [-0.15, -0.1) is 0 Å². The van der Waals surface area contributed by atoms with Gasteiger partial charge in [0.1, 0.15) is 0 Å². The van der Waals surface area contributed by atoms with E-state index in [1.165, 1.54) is 12.1 Å². The van der Waals surface area contributed by atoms with Crippen LogP contribution in [-0.2, 0) is 20.9 Å².